The van der Waals surface area contributed by atoms with Crippen LogP contribution in [0.1, 0.15) is 17.3 Å². The Balaban J connectivity index is 1.35. The van der Waals surface area contributed by atoms with Gasteiger partial charge in [0.2, 0.25) is 0 Å². The minimum atomic E-state index is -0.174. The predicted octanol–water partition coefficient (Wildman–Crippen LogP) is 3.31. The zero-order valence-corrected chi connectivity index (χ0v) is 13.8. The first-order chi connectivity index (χ1) is 12.3. The third kappa shape index (κ3) is 2.55. The Morgan fingerprint density at radius 2 is 1.92 bits per heavy atom. The molecule has 25 heavy (non-hydrogen) atoms. The molecule has 2 aliphatic heterocycles. The topological polar surface area (TPSA) is 34.0 Å². The van der Waals surface area contributed by atoms with E-state index in [-0.39, 0.29) is 5.82 Å². The molecule has 0 radical (unpaired) electrons. The quantitative estimate of drug-likeness (QED) is 0.737. The molecule has 4 nitrogen and oxygen atoms in total. The van der Waals surface area contributed by atoms with Gasteiger partial charge in [0.25, 0.3) is 0 Å². The highest BCUT2D eigenvalue weighted by atomic mass is 19.1. The van der Waals surface area contributed by atoms with E-state index in [1.54, 1.807) is 18.3 Å². The van der Waals surface area contributed by atoms with Gasteiger partial charge in [-0.3, -0.25) is 9.88 Å². The van der Waals surface area contributed by atoms with Crippen LogP contribution >= 0.6 is 0 Å². The van der Waals surface area contributed by atoms with Gasteiger partial charge >= 0.3 is 0 Å². The fourth-order valence-electron chi connectivity index (χ4n) is 4.27. The molecule has 0 saturated carbocycles. The van der Waals surface area contributed by atoms with Crippen LogP contribution in [0.5, 0.6) is 0 Å². The predicted molar refractivity (Wildman–Crippen MR) is 93.4 cm³/mol. The molecule has 0 spiro atoms. The van der Waals surface area contributed by atoms with Crippen LogP contribution in [0.2, 0.25) is 0 Å². The Morgan fingerprint density at radius 1 is 1.04 bits per heavy atom. The van der Waals surface area contributed by atoms with Crippen molar-refractivity contribution in [2.45, 2.75) is 19.0 Å². The second-order valence-corrected chi connectivity index (χ2v) is 7.04. The maximum Gasteiger partial charge on any atom is 0.123 e. The number of aromatic nitrogens is 3. The number of fused-ring (bicyclic) bond motifs is 3. The van der Waals surface area contributed by atoms with Crippen LogP contribution in [0.15, 0.2) is 55.0 Å². The average molecular weight is 334 g/mol. The van der Waals surface area contributed by atoms with Crippen LogP contribution in [-0.4, -0.2) is 32.5 Å². The van der Waals surface area contributed by atoms with E-state index in [2.05, 4.69) is 20.5 Å². The lowest BCUT2D eigenvalue weighted by atomic mass is 9.99. The molecule has 2 aliphatic rings. The smallest absolute Gasteiger partial charge is 0.123 e. The second kappa shape index (κ2) is 5.77. The molecule has 2 atom stereocenters. The number of rotatable bonds is 3. The van der Waals surface area contributed by atoms with Gasteiger partial charge in [0.1, 0.15) is 11.6 Å². The molecule has 1 aromatic carbocycles. The Kier molecular flexibility index (Phi) is 3.41. The van der Waals surface area contributed by atoms with Gasteiger partial charge in [-0.1, -0.05) is 12.1 Å². The first-order valence-electron chi connectivity index (χ1n) is 8.70. The van der Waals surface area contributed by atoms with Crippen molar-refractivity contribution in [2.75, 3.05) is 13.1 Å². The Labute approximate surface area is 146 Å². The lowest BCUT2D eigenvalue weighted by Crippen LogP contribution is -2.22. The molecular weight excluding hydrogens is 315 g/mol. The van der Waals surface area contributed by atoms with Crippen LogP contribution in [0.4, 0.5) is 4.39 Å². The van der Waals surface area contributed by atoms with Crippen molar-refractivity contribution in [3.8, 4) is 11.3 Å². The summed E-state index contributed by atoms with van der Waals surface area (Å²) in [6, 6.07) is 10.9. The van der Waals surface area contributed by atoms with Gasteiger partial charge in [0.05, 0.1) is 11.9 Å². The van der Waals surface area contributed by atoms with Gasteiger partial charge in [-0.05, 0) is 29.8 Å². The lowest BCUT2D eigenvalue weighted by molar-refractivity contribution is 0.306. The Bertz CT molecular complexity index is 888. The summed E-state index contributed by atoms with van der Waals surface area (Å²) in [6.45, 7) is 3.98. The highest BCUT2D eigenvalue weighted by molar-refractivity contribution is 5.58. The lowest BCUT2D eigenvalue weighted by Gasteiger charge is -2.17. The number of halogens is 1. The third-order valence-electron chi connectivity index (χ3n) is 5.43. The van der Waals surface area contributed by atoms with Gasteiger partial charge in [-0.25, -0.2) is 9.37 Å². The maximum absolute atomic E-state index is 13.1. The van der Waals surface area contributed by atoms with E-state index in [0.29, 0.717) is 11.8 Å². The largest absolute Gasteiger partial charge is 0.327 e. The fourth-order valence-corrected chi connectivity index (χ4v) is 4.27. The van der Waals surface area contributed by atoms with Crippen molar-refractivity contribution >= 4 is 0 Å². The molecule has 5 heteroatoms. The molecule has 0 bridgehead atoms. The number of likely N-dealkylation sites (tertiary alicyclic amines) is 1. The number of pyridine rings is 1. The molecule has 1 saturated heterocycles. The standard InChI is InChI=1S/C20H19FN4/c21-17-5-3-14(4-6-17)10-24-11-16-12-25-19(15-2-1-7-22-8-15)9-23-20(25)18(16)13-24/h1-9,16,18H,10-13H2/t16-,18+/m0/s1. The zero-order chi connectivity index (χ0) is 16.8. The molecule has 3 aromatic rings. The van der Waals surface area contributed by atoms with E-state index in [1.165, 1.54) is 17.1 Å². The average Bonchev–Trinajstić information content (AvgIpc) is 3.29. The summed E-state index contributed by atoms with van der Waals surface area (Å²) in [5.74, 6) is 2.13. The van der Waals surface area contributed by atoms with Crippen molar-refractivity contribution < 1.29 is 4.39 Å². The van der Waals surface area contributed by atoms with Crippen LogP contribution in [0.3, 0.4) is 0 Å². The first kappa shape index (κ1) is 14.8. The summed E-state index contributed by atoms with van der Waals surface area (Å²) < 4.78 is 15.4. The molecule has 2 aromatic heterocycles. The number of imidazole rings is 1. The van der Waals surface area contributed by atoms with E-state index in [4.69, 9.17) is 4.98 Å². The third-order valence-corrected chi connectivity index (χ3v) is 5.43. The second-order valence-electron chi connectivity index (χ2n) is 7.04. The Hall–Kier alpha value is -2.53. The molecule has 5 rings (SSSR count). The van der Waals surface area contributed by atoms with E-state index in [1.807, 2.05) is 30.6 Å². The molecule has 0 unspecified atom stereocenters. The SMILES string of the molecule is Fc1ccc(CN2C[C@H]3Cn4c(-c5cccnc5)cnc4[C@@H]3C2)cc1. The molecule has 0 N–H and O–H groups in total. The van der Waals surface area contributed by atoms with Gasteiger partial charge in [-0.2, -0.15) is 0 Å². The zero-order valence-electron chi connectivity index (χ0n) is 13.8. The van der Waals surface area contributed by atoms with E-state index in [9.17, 15) is 4.39 Å². The van der Waals surface area contributed by atoms with Crippen LogP contribution in [0, 0.1) is 11.7 Å². The van der Waals surface area contributed by atoms with E-state index in [0.717, 1.165) is 31.7 Å². The van der Waals surface area contributed by atoms with Crippen LogP contribution in [0.25, 0.3) is 11.3 Å². The number of nitrogens with zero attached hydrogens (tertiary/aromatic N) is 4. The summed E-state index contributed by atoms with van der Waals surface area (Å²) in [7, 11) is 0. The molecule has 0 aliphatic carbocycles. The fraction of sp³-hybridized carbons (Fsp3) is 0.300. The van der Waals surface area contributed by atoms with Gasteiger partial charge in [0, 0.05) is 56.0 Å². The van der Waals surface area contributed by atoms with Crippen molar-refractivity contribution in [1.29, 1.82) is 0 Å². The van der Waals surface area contributed by atoms with E-state index >= 15 is 0 Å². The summed E-state index contributed by atoms with van der Waals surface area (Å²) in [5.41, 5.74) is 3.47. The number of hydrogen-bond donors (Lipinski definition) is 0. The highest BCUT2D eigenvalue weighted by Gasteiger charge is 2.42. The number of benzene rings is 1. The first-order valence-corrected chi connectivity index (χ1v) is 8.70. The number of hydrogen-bond acceptors (Lipinski definition) is 3. The summed E-state index contributed by atoms with van der Waals surface area (Å²) in [5, 5.41) is 0. The van der Waals surface area contributed by atoms with Crippen molar-refractivity contribution in [1.82, 2.24) is 19.4 Å². The summed E-state index contributed by atoms with van der Waals surface area (Å²) >= 11 is 0. The highest BCUT2D eigenvalue weighted by Crippen LogP contribution is 2.41. The molecule has 0 amide bonds. The van der Waals surface area contributed by atoms with Gasteiger partial charge < -0.3 is 4.57 Å². The van der Waals surface area contributed by atoms with Gasteiger partial charge in [0.15, 0.2) is 0 Å². The van der Waals surface area contributed by atoms with E-state index < -0.39 is 0 Å². The summed E-state index contributed by atoms with van der Waals surface area (Å²) in [6.07, 6.45) is 5.68. The van der Waals surface area contributed by atoms with Crippen LogP contribution in [-0.2, 0) is 13.1 Å². The van der Waals surface area contributed by atoms with Crippen molar-refractivity contribution in [2.24, 2.45) is 5.92 Å². The molecular formula is C20H19FN4. The molecule has 4 heterocycles. The maximum atomic E-state index is 13.1. The normalized spacial score (nSPS) is 22.1. The minimum Gasteiger partial charge on any atom is -0.327 e. The van der Waals surface area contributed by atoms with Gasteiger partial charge in [-0.15, -0.1) is 0 Å². The van der Waals surface area contributed by atoms with Crippen LogP contribution < -0.4 is 0 Å². The molecule has 1 fully saturated rings. The van der Waals surface area contributed by atoms with Crippen molar-refractivity contribution in [3.05, 3.63) is 72.2 Å². The van der Waals surface area contributed by atoms with Crippen molar-refractivity contribution in [3.63, 3.8) is 0 Å². The minimum absolute atomic E-state index is 0.174. The molecule has 126 valence electrons. The Morgan fingerprint density at radius 3 is 2.72 bits per heavy atom. The summed E-state index contributed by atoms with van der Waals surface area (Å²) in [4.78, 5) is 11.4. The monoisotopic (exact) mass is 334 g/mol.